The number of amides is 3. The van der Waals surface area contributed by atoms with Gasteiger partial charge in [-0.2, -0.15) is 0 Å². The van der Waals surface area contributed by atoms with Crippen LogP contribution in [0.25, 0.3) is 0 Å². The van der Waals surface area contributed by atoms with Crippen LogP contribution in [0.1, 0.15) is 37.7 Å². The van der Waals surface area contributed by atoms with E-state index in [1.807, 2.05) is 18.0 Å². The fourth-order valence-electron chi connectivity index (χ4n) is 4.10. The van der Waals surface area contributed by atoms with Crippen molar-refractivity contribution < 1.29 is 9.59 Å². The number of carbonyl (C=O) groups is 2. The monoisotopic (exact) mass is 374 g/mol. The average Bonchev–Trinajstić information content (AvgIpc) is 3.15. The van der Waals surface area contributed by atoms with Crippen LogP contribution in [0.4, 0.5) is 10.5 Å². The molecular formula is C19H23ClN4O2. The number of amidine groups is 1. The van der Waals surface area contributed by atoms with E-state index in [2.05, 4.69) is 4.99 Å². The largest absolute Gasteiger partial charge is 0.341 e. The van der Waals surface area contributed by atoms with Crippen LogP contribution in [-0.2, 0) is 4.79 Å². The van der Waals surface area contributed by atoms with Gasteiger partial charge in [-0.25, -0.2) is 4.79 Å². The summed E-state index contributed by atoms with van der Waals surface area (Å²) >= 11 is 6.17. The highest BCUT2D eigenvalue weighted by Gasteiger charge is 2.38. The molecule has 3 amide bonds. The third-order valence-electron chi connectivity index (χ3n) is 5.60. The zero-order valence-electron chi connectivity index (χ0n) is 14.9. The van der Waals surface area contributed by atoms with Crippen molar-refractivity contribution in [2.75, 3.05) is 31.6 Å². The molecule has 7 heteroatoms. The number of nitrogens with zero attached hydrogens (tertiary/aromatic N) is 4. The molecular weight excluding hydrogens is 352 g/mol. The maximum absolute atomic E-state index is 13.0. The fourth-order valence-corrected chi connectivity index (χ4v) is 4.27. The Hall–Kier alpha value is -2.08. The van der Waals surface area contributed by atoms with E-state index in [1.165, 1.54) is 6.42 Å². The van der Waals surface area contributed by atoms with Crippen molar-refractivity contribution in [1.29, 1.82) is 0 Å². The van der Waals surface area contributed by atoms with Crippen LogP contribution in [-0.4, -0.2) is 60.3 Å². The summed E-state index contributed by atoms with van der Waals surface area (Å²) in [4.78, 5) is 35.4. The molecule has 1 aromatic carbocycles. The quantitative estimate of drug-likeness (QED) is 0.816. The first-order valence-corrected chi connectivity index (χ1v) is 9.63. The lowest BCUT2D eigenvalue weighted by molar-refractivity contribution is -0.131. The Morgan fingerprint density at radius 2 is 2.08 bits per heavy atom. The van der Waals surface area contributed by atoms with Crippen molar-refractivity contribution in [3.8, 4) is 0 Å². The average molecular weight is 375 g/mol. The molecule has 0 atom stereocenters. The van der Waals surface area contributed by atoms with Crippen LogP contribution < -0.4 is 4.90 Å². The standard InChI is InChI=1S/C19H23ClN4O2/c1-22(14-5-3-2-4-6-14)17(25)12-24-16-11-13(20)7-8-15(16)18-21-9-10-23(18)19(24)26/h7-8,11,14H,2-6,9-10,12H2,1H3. The Bertz CT molecular complexity index is 773. The molecule has 0 N–H and O–H groups in total. The van der Waals surface area contributed by atoms with Gasteiger partial charge in [-0.15, -0.1) is 0 Å². The highest BCUT2D eigenvalue weighted by molar-refractivity contribution is 6.31. The molecule has 3 aliphatic rings. The van der Waals surface area contributed by atoms with Gasteiger partial charge >= 0.3 is 6.03 Å². The highest BCUT2D eigenvalue weighted by Crippen LogP contribution is 2.33. The molecule has 26 heavy (non-hydrogen) atoms. The zero-order valence-corrected chi connectivity index (χ0v) is 15.7. The Morgan fingerprint density at radius 1 is 1.31 bits per heavy atom. The lowest BCUT2D eigenvalue weighted by Crippen LogP contribution is -2.53. The number of fused-ring (bicyclic) bond motifs is 3. The predicted octanol–water partition coefficient (Wildman–Crippen LogP) is 3.13. The van der Waals surface area contributed by atoms with Crippen molar-refractivity contribution in [3.05, 3.63) is 28.8 Å². The van der Waals surface area contributed by atoms with E-state index in [9.17, 15) is 9.59 Å². The summed E-state index contributed by atoms with van der Waals surface area (Å²) in [5, 5.41) is 0.543. The van der Waals surface area contributed by atoms with Gasteiger partial charge < -0.3 is 4.90 Å². The van der Waals surface area contributed by atoms with Crippen LogP contribution in [0.3, 0.4) is 0 Å². The second-order valence-corrected chi connectivity index (χ2v) is 7.62. The number of rotatable bonds is 3. The van der Waals surface area contributed by atoms with E-state index < -0.39 is 0 Å². The first kappa shape index (κ1) is 17.3. The number of urea groups is 1. The minimum atomic E-state index is -0.193. The van der Waals surface area contributed by atoms with Crippen LogP contribution in [0, 0.1) is 0 Å². The van der Waals surface area contributed by atoms with Gasteiger partial charge in [-0.3, -0.25) is 19.6 Å². The molecule has 0 saturated heterocycles. The van der Waals surface area contributed by atoms with E-state index in [0.29, 0.717) is 29.6 Å². The van der Waals surface area contributed by atoms with Crippen molar-refractivity contribution in [1.82, 2.24) is 9.80 Å². The number of aliphatic imine (C=N–C) groups is 1. The number of carbonyl (C=O) groups excluding carboxylic acids is 2. The first-order valence-electron chi connectivity index (χ1n) is 9.25. The van der Waals surface area contributed by atoms with Crippen LogP contribution in [0.5, 0.6) is 0 Å². The molecule has 1 aliphatic carbocycles. The van der Waals surface area contributed by atoms with Crippen molar-refractivity contribution in [2.24, 2.45) is 4.99 Å². The normalized spacial score (nSPS) is 19.9. The van der Waals surface area contributed by atoms with E-state index in [1.54, 1.807) is 21.9 Å². The predicted molar refractivity (Wildman–Crippen MR) is 102 cm³/mol. The van der Waals surface area contributed by atoms with Gasteiger partial charge in [0.2, 0.25) is 5.91 Å². The molecule has 138 valence electrons. The number of likely N-dealkylation sites (N-methyl/N-ethyl adjacent to an activating group) is 1. The van der Waals surface area contributed by atoms with Crippen molar-refractivity contribution >= 4 is 35.1 Å². The molecule has 1 aromatic rings. The maximum Gasteiger partial charge on any atom is 0.330 e. The second kappa shape index (κ2) is 6.91. The van der Waals surface area contributed by atoms with Gasteiger partial charge in [0.25, 0.3) is 0 Å². The third-order valence-corrected chi connectivity index (χ3v) is 5.84. The van der Waals surface area contributed by atoms with Gasteiger partial charge in [-0.05, 0) is 31.0 Å². The van der Waals surface area contributed by atoms with E-state index in [-0.39, 0.29) is 24.5 Å². The SMILES string of the molecule is CN(C(=O)CN1C(=O)N2CCN=C2c2ccc(Cl)cc21)C1CCCCC1. The number of halogens is 1. The molecule has 2 heterocycles. The van der Waals surface area contributed by atoms with Crippen molar-refractivity contribution in [2.45, 2.75) is 38.1 Å². The van der Waals surface area contributed by atoms with Crippen LogP contribution >= 0.6 is 11.6 Å². The summed E-state index contributed by atoms with van der Waals surface area (Å²) in [6.07, 6.45) is 5.66. The number of hydrogen-bond donors (Lipinski definition) is 0. The van der Waals surface area contributed by atoms with E-state index in [4.69, 9.17) is 11.6 Å². The number of anilines is 1. The molecule has 0 aromatic heterocycles. The Kier molecular flexibility index (Phi) is 4.61. The molecule has 0 bridgehead atoms. The Morgan fingerprint density at radius 3 is 2.85 bits per heavy atom. The molecule has 0 radical (unpaired) electrons. The minimum Gasteiger partial charge on any atom is -0.341 e. The molecule has 1 saturated carbocycles. The van der Waals surface area contributed by atoms with E-state index in [0.717, 1.165) is 31.2 Å². The summed E-state index contributed by atoms with van der Waals surface area (Å²) in [5.41, 5.74) is 1.53. The van der Waals surface area contributed by atoms with Gasteiger partial charge in [0.15, 0.2) is 0 Å². The lowest BCUT2D eigenvalue weighted by Gasteiger charge is -2.37. The van der Waals surface area contributed by atoms with Gasteiger partial charge in [0, 0.05) is 30.2 Å². The summed E-state index contributed by atoms with van der Waals surface area (Å²) in [5.74, 6) is 0.654. The Labute approximate surface area is 158 Å². The molecule has 0 spiro atoms. The van der Waals surface area contributed by atoms with Crippen LogP contribution in [0.15, 0.2) is 23.2 Å². The summed E-state index contributed by atoms with van der Waals surface area (Å²) < 4.78 is 0. The zero-order chi connectivity index (χ0) is 18.3. The van der Waals surface area contributed by atoms with Crippen LogP contribution in [0.2, 0.25) is 5.02 Å². The Balaban J connectivity index is 1.60. The summed E-state index contributed by atoms with van der Waals surface area (Å²) in [7, 11) is 1.86. The molecule has 4 rings (SSSR count). The number of benzene rings is 1. The van der Waals surface area contributed by atoms with Crippen molar-refractivity contribution in [3.63, 3.8) is 0 Å². The molecule has 1 fully saturated rings. The third kappa shape index (κ3) is 2.96. The molecule has 0 unspecified atom stereocenters. The van der Waals surface area contributed by atoms with E-state index >= 15 is 0 Å². The first-order chi connectivity index (χ1) is 12.6. The highest BCUT2D eigenvalue weighted by atomic mass is 35.5. The summed E-state index contributed by atoms with van der Waals surface area (Å²) in [6.45, 7) is 1.18. The fraction of sp³-hybridized carbons (Fsp3) is 0.526. The molecule has 2 aliphatic heterocycles. The maximum atomic E-state index is 13.0. The van der Waals surface area contributed by atoms with Gasteiger partial charge in [0.05, 0.1) is 12.2 Å². The lowest BCUT2D eigenvalue weighted by atomic mass is 9.94. The topological polar surface area (TPSA) is 56.2 Å². The minimum absolute atomic E-state index is 0.0307. The number of hydrogen-bond acceptors (Lipinski definition) is 3. The van der Waals surface area contributed by atoms with Gasteiger partial charge in [0.1, 0.15) is 12.4 Å². The molecule has 6 nitrogen and oxygen atoms in total. The smallest absolute Gasteiger partial charge is 0.330 e. The van der Waals surface area contributed by atoms with Gasteiger partial charge in [-0.1, -0.05) is 30.9 Å². The summed E-state index contributed by atoms with van der Waals surface area (Å²) in [6, 6.07) is 5.51. The second-order valence-electron chi connectivity index (χ2n) is 7.18.